The number of nitriles is 1. The lowest BCUT2D eigenvalue weighted by Crippen LogP contribution is -2.05. The highest BCUT2D eigenvalue weighted by Crippen LogP contribution is 1.98. The van der Waals surface area contributed by atoms with Crippen molar-refractivity contribution in [3.8, 4) is 6.07 Å². The molecule has 13 heavy (non-hydrogen) atoms. The largest absolute Gasteiger partial charge is 0.461 e. The molecule has 0 radical (unpaired) electrons. The summed E-state index contributed by atoms with van der Waals surface area (Å²) < 4.78 is 4.77. The molecule has 4 heteroatoms. The number of esters is 1. The van der Waals surface area contributed by atoms with Crippen molar-refractivity contribution >= 4 is 5.97 Å². The zero-order chi connectivity index (χ0) is 9.52. The lowest BCUT2D eigenvalue weighted by molar-refractivity contribution is 0.0513. The van der Waals surface area contributed by atoms with Gasteiger partial charge in [-0.1, -0.05) is 0 Å². The highest BCUT2D eigenvalue weighted by molar-refractivity contribution is 5.88. The Kier molecular flexibility index (Phi) is 3.45. The molecule has 0 atom stereocenters. The Morgan fingerprint density at radius 3 is 3.15 bits per heavy atom. The Morgan fingerprint density at radius 2 is 2.54 bits per heavy atom. The van der Waals surface area contributed by atoms with E-state index in [-0.39, 0.29) is 13.0 Å². The van der Waals surface area contributed by atoms with Crippen LogP contribution in [-0.2, 0) is 4.74 Å². The van der Waals surface area contributed by atoms with Crippen LogP contribution in [0.3, 0.4) is 0 Å². The highest BCUT2D eigenvalue weighted by Gasteiger charge is 2.04. The number of hydrogen-bond acceptors (Lipinski definition) is 4. The first kappa shape index (κ1) is 9.20. The number of aromatic nitrogens is 1. The van der Waals surface area contributed by atoms with Crippen molar-refractivity contribution in [1.29, 1.82) is 5.26 Å². The molecular formula is C9H8N2O2. The second-order valence-corrected chi connectivity index (χ2v) is 2.29. The maximum absolute atomic E-state index is 11.1. The van der Waals surface area contributed by atoms with Gasteiger partial charge in [0.2, 0.25) is 0 Å². The van der Waals surface area contributed by atoms with E-state index in [1.54, 1.807) is 18.3 Å². The zero-order valence-corrected chi connectivity index (χ0v) is 6.93. The highest BCUT2D eigenvalue weighted by atomic mass is 16.5. The summed E-state index contributed by atoms with van der Waals surface area (Å²) in [6.07, 6.45) is 3.22. The van der Waals surface area contributed by atoms with E-state index < -0.39 is 5.97 Å². The molecule has 1 aromatic rings. The van der Waals surface area contributed by atoms with E-state index in [1.807, 2.05) is 6.07 Å². The molecule has 0 amide bonds. The van der Waals surface area contributed by atoms with Crippen LogP contribution in [0.4, 0.5) is 0 Å². The van der Waals surface area contributed by atoms with Crippen LogP contribution in [0.15, 0.2) is 24.5 Å². The fourth-order valence-corrected chi connectivity index (χ4v) is 0.756. The minimum Gasteiger partial charge on any atom is -0.461 e. The van der Waals surface area contributed by atoms with Gasteiger partial charge in [0.15, 0.2) is 0 Å². The van der Waals surface area contributed by atoms with Gasteiger partial charge in [-0.3, -0.25) is 4.98 Å². The van der Waals surface area contributed by atoms with E-state index in [0.717, 1.165) is 0 Å². The van der Waals surface area contributed by atoms with Crippen molar-refractivity contribution < 1.29 is 9.53 Å². The average Bonchev–Trinajstić information content (AvgIpc) is 2.19. The number of ether oxygens (including phenoxy) is 1. The van der Waals surface area contributed by atoms with Crippen molar-refractivity contribution in [3.63, 3.8) is 0 Å². The molecular weight excluding hydrogens is 168 g/mol. The van der Waals surface area contributed by atoms with Gasteiger partial charge in [-0.25, -0.2) is 4.79 Å². The van der Waals surface area contributed by atoms with Gasteiger partial charge in [0.25, 0.3) is 0 Å². The smallest absolute Gasteiger partial charge is 0.339 e. The SMILES string of the molecule is N#CCCOC(=O)c1cccnc1. The van der Waals surface area contributed by atoms with Crippen molar-refractivity contribution in [3.05, 3.63) is 30.1 Å². The summed E-state index contributed by atoms with van der Waals surface area (Å²) in [4.78, 5) is 14.9. The first-order valence-electron chi connectivity index (χ1n) is 3.78. The predicted octanol–water partition coefficient (Wildman–Crippen LogP) is 1.15. The molecule has 1 heterocycles. The van der Waals surface area contributed by atoms with Crippen LogP contribution in [-0.4, -0.2) is 17.6 Å². The quantitative estimate of drug-likeness (QED) is 0.512. The molecule has 1 rings (SSSR count). The van der Waals surface area contributed by atoms with Crippen LogP contribution < -0.4 is 0 Å². The van der Waals surface area contributed by atoms with Crippen LogP contribution in [0.1, 0.15) is 16.8 Å². The molecule has 0 aromatic carbocycles. The van der Waals surface area contributed by atoms with Gasteiger partial charge in [0, 0.05) is 12.4 Å². The summed E-state index contributed by atoms with van der Waals surface area (Å²) in [6.45, 7) is 0.129. The van der Waals surface area contributed by atoms with Gasteiger partial charge in [-0.05, 0) is 12.1 Å². The third-order valence-electron chi connectivity index (χ3n) is 1.34. The number of pyridine rings is 1. The first-order valence-corrected chi connectivity index (χ1v) is 3.78. The number of nitrogens with zero attached hydrogens (tertiary/aromatic N) is 2. The van der Waals surface area contributed by atoms with Gasteiger partial charge in [0.05, 0.1) is 18.1 Å². The number of carbonyl (C=O) groups excluding carboxylic acids is 1. The van der Waals surface area contributed by atoms with Crippen LogP contribution in [0.5, 0.6) is 0 Å². The monoisotopic (exact) mass is 176 g/mol. The van der Waals surface area contributed by atoms with Crippen molar-refractivity contribution in [2.24, 2.45) is 0 Å². The van der Waals surface area contributed by atoms with E-state index in [2.05, 4.69) is 4.98 Å². The number of carbonyl (C=O) groups is 1. The number of rotatable bonds is 3. The van der Waals surface area contributed by atoms with E-state index in [0.29, 0.717) is 5.56 Å². The van der Waals surface area contributed by atoms with Gasteiger partial charge in [-0.2, -0.15) is 5.26 Å². The van der Waals surface area contributed by atoms with E-state index in [9.17, 15) is 4.79 Å². The topological polar surface area (TPSA) is 63.0 Å². The molecule has 0 aliphatic rings. The van der Waals surface area contributed by atoms with Crippen LogP contribution in [0, 0.1) is 11.3 Å². The molecule has 0 bridgehead atoms. The van der Waals surface area contributed by atoms with Gasteiger partial charge < -0.3 is 4.74 Å². The van der Waals surface area contributed by atoms with E-state index >= 15 is 0 Å². The molecule has 1 aromatic heterocycles. The predicted molar refractivity (Wildman–Crippen MR) is 44.7 cm³/mol. The van der Waals surface area contributed by atoms with Gasteiger partial charge >= 0.3 is 5.97 Å². The van der Waals surface area contributed by atoms with E-state index in [1.165, 1.54) is 6.20 Å². The maximum atomic E-state index is 11.1. The molecule has 0 saturated heterocycles. The summed E-state index contributed by atoms with van der Waals surface area (Å²) in [5, 5.41) is 8.20. The standard InChI is InChI=1S/C9H8N2O2/c10-4-2-6-13-9(12)8-3-1-5-11-7-8/h1,3,5,7H,2,6H2. The van der Waals surface area contributed by atoms with Gasteiger partial charge in [-0.15, -0.1) is 0 Å². The minimum absolute atomic E-state index is 0.129. The zero-order valence-electron chi connectivity index (χ0n) is 6.93. The summed E-state index contributed by atoms with van der Waals surface area (Å²) in [5.74, 6) is -0.441. The van der Waals surface area contributed by atoms with Gasteiger partial charge in [0.1, 0.15) is 6.61 Å². The van der Waals surface area contributed by atoms with Crippen LogP contribution >= 0.6 is 0 Å². The lowest BCUT2D eigenvalue weighted by atomic mass is 10.3. The summed E-state index contributed by atoms with van der Waals surface area (Å²) in [5.41, 5.74) is 0.403. The molecule has 0 fully saturated rings. The Balaban J connectivity index is 2.46. The summed E-state index contributed by atoms with van der Waals surface area (Å²) >= 11 is 0. The second-order valence-electron chi connectivity index (χ2n) is 2.29. The summed E-state index contributed by atoms with van der Waals surface area (Å²) in [6, 6.07) is 5.15. The normalized spacial score (nSPS) is 8.85. The van der Waals surface area contributed by atoms with Crippen molar-refractivity contribution in [1.82, 2.24) is 4.98 Å². The Bertz CT molecular complexity index is 316. The van der Waals surface area contributed by atoms with Crippen molar-refractivity contribution in [2.45, 2.75) is 6.42 Å². The molecule has 0 aliphatic carbocycles. The average molecular weight is 176 g/mol. The fraction of sp³-hybridized carbons (Fsp3) is 0.222. The fourth-order valence-electron chi connectivity index (χ4n) is 0.756. The van der Waals surface area contributed by atoms with Crippen molar-refractivity contribution in [2.75, 3.05) is 6.61 Å². The molecule has 0 N–H and O–H groups in total. The Hall–Kier alpha value is -1.89. The van der Waals surface area contributed by atoms with E-state index in [4.69, 9.17) is 10.00 Å². The maximum Gasteiger partial charge on any atom is 0.339 e. The van der Waals surface area contributed by atoms with Crippen LogP contribution in [0.25, 0.3) is 0 Å². The number of hydrogen-bond donors (Lipinski definition) is 0. The Morgan fingerprint density at radius 1 is 1.69 bits per heavy atom. The minimum atomic E-state index is -0.441. The molecule has 0 spiro atoms. The molecule has 4 nitrogen and oxygen atoms in total. The molecule has 0 saturated carbocycles. The molecule has 0 unspecified atom stereocenters. The lowest BCUT2D eigenvalue weighted by Gasteiger charge is -2.00. The molecule has 66 valence electrons. The third-order valence-corrected chi connectivity index (χ3v) is 1.34. The first-order chi connectivity index (χ1) is 6.34. The summed E-state index contributed by atoms with van der Waals surface area (Å²) in [7, 11) is 0. The second kappa shape index (κ2) is 4.88. The Labute approximate surface area is 75.8 Å². The third kappa shape index (κ3) is 2.91. The molecule has 0 aliphatic heterocycles. The van der Waals surface area contributed by atoms with Crippen LogP contribution in [0.2, 0.25) is 0 Å².